The van der Waals surface area contributed by atoms with Crippen LogP contribution in [0.25, 0.3) is 0 Å². The van der Waals surface area contributed by atoms with Crippen LogP contribution in [0.3, 0.4) is 0 Å². The first-order valence-electron chi connectivity index (χ1n) is 4.77. The van der Waals surface area contributed by atoms with Crippen LogP contribution < -0.4 is 0 Å². The molecule has 0 heterocycles. The third kappa shape index (κ3) is 2.03. The summed E-state index contributed by atoms with van der Waals surface area (Å²) < 4.78 is 0. The molecule has 2 rings (SSSR count). The van der Waals surface area contributed by atoms with E-state index in [1.807, 2.05) is 18.2 Å². The van der Waals surface area contributed by atoms with Gasteiger partial charge in [0, 0.05) is 21.3 Å². The van der Waals surface area contributed by atoms with E-state index >= 15 is 0 Å². The Labute approximate surface area is 99.2 Å². The normalized spacial score (nSPS) is 26.8. The average Bonchev–Trinajstić information content (AvgIpc) is 2.56. The number of alkyl halides is 1. The number of hydrogen-bond donors (Lipinski definition) is 0. The summed E-state index contributed by atoms with van der Waals surface area (Å²) in [5.74, 6) is 0.378. The lowest BCUT2D eigenvalue weighted by molar-refractivity contribution is 0.730. The summed E-state index contributed by atoms with van der Waals surface area (Å²) >= 11 is 18.3. The van der Waals surface area contributed by atoms with Gasteiger partial charge in [-0.15, -0.1) is 11.6 Å². The Bertz CT molecular complexity index is 335. The molecule has 1 aromatic carbocycles. The van der Waals surface area contributed by atoms with Gasteiger partial charge in [-0.1, -0.05) is 29.6 Å². The van der Waals surface area contributed by atoms with Crippen molar-refractivity contribution in [3.05, 3.63) is 33.8 Å². The molecule has 2 atom stereocenters. The van der Waals surface area contributed by atoms with E-state index in [4.69, 9.17) is 34.8 Å². The fourth-order valence-electron chi connectivity index (χ4n) is 2.06. The van der Waals surface area contributed by atoms with Gasteiger partial charge in [0.25, 0.3) is 0 Å². The molecule has 0 amide bonds. The highest BCUT2D eigenvalue weighted by atomic mass is 35.5. The van der Waals surface area contributed by atoms with E-state index in [9.17, 15) is 0 Å². The van der Waals surface area contributed by atoms with Crippen LogP contribution in [-0.2, 0) is 0 Å². The highest BCUT2D eigenvalue weighted by Gasteiger charge is 2.28. The lowest BCUT2D eigenvalue weighted by Crippen LogP contribution is -2.05. The summed E-state index contributed by atoms with van der Waals surface area (Å²) in [5, 5.41) is 1.73. The lowest BCUT2D eigenvalue weighted by Gasteiger charge is -2.15. The predicted molar refractivity (Wildman–Crippen MR) is 62.7 cm³/mol. The molecule has 1 aromatic rings. The first kappa shape index (κ1) is 10.6. The summed E-state index contributed by atoms with van der Waals surface area (Å²) in [4.78, 5) is 0. The largest absolute Gasteiger partial charge is 0.122 e. The molecule has 1 saturated carbocycles. The highest BCUT2D eigenvalue weighted by molar-refractivity contribution is 6.33. The summed E-state index contributed by atoms with van der Waals surface area (Å²) in [6, 6.07) is 5.60. The van der Waals surface area contributed by atoms with Gasteiger partial charge in [-0.05, 0) is 36.6 Å². The number of rotatable bonds is 1. The van der Waals surface area contributed by atoms with Crippen molar-refractivity contribution in [1.82, 2.24) is 0 Å². The Balaban J connectivity index is 2.34. The van der Waals surface area contributed by atoms with Gasteiger partial charge in [0.15, 0.2) is 0 Å². The minimum atomic E-state index is 0.214. The lowest BCUT2D eigenvalue weighted by atomic mass is 9.97. The fraction of sp³-hybridized carbons (Fsp3) is 0.455. The van der Waals surface area contributed by atoms with Gasteiger partial charge >= 0.3 is 0 Å². The minimum absolute atomic E-state index is 0.214. The van der Waals surface area contributed by atoms with Crippen molar-refractivity contribution in [2.24, 2.45) is 0 Å². The maximum absolute atomic E-state index is 6.24. The number of benzene rings is 1. The summed E-state index contributed by atoms with van der Waals surface area (Å²) in [7, 11) is 0. The molecule has 0 aromatic heterocycles. The van der Waals surface area contributed by atoms with Crippen molar-refractivity contribution in [3.8, 4) is 0 Å². The third-order valence-corrected chi connectivity index (χ3v) is 3.89. The Hall–Kier alpha value is 0.0900. The van der Waals surface area contributed by atoms with Gasteiger partial charge in [0.05, 0.1) is 0 Å². The molecule has 2 unspecified atom stereocenters. The molecular weight excluding hydrogens is 238 g/mol. The second-order valence-corrected chi connectivity index (χ2v) is 5.12. The quantitative estimate of drug-likeness (QED) is 0.623. The zero-order valence-corrected chi connectivity index (χ0v) is 9.91. The van der Waals surface area contributed by atoms with E-state index < -0.39 is 0 Å². The monoisotopic (exact) mass is 248 g/mol. The van der Waals surface area contributed by atoms with E-state index in [1.54, 1.807) is 0 Å². The van der Waals surface area contributed by atoms with Gasteiger partial charge in [0.2, 0.25) is 0 Å². The van der Waals surface area contributed by atoms with Crippen molar-refractivity contribution in [2.45, 2.75) is 30.6 Å². The molecule has 1 fully saturated rings. The van der Waals surface area contributed by atoms with E-state index in [0.29, 0.717) is 5.92 Å². The van der Waals surface area contributed by atoms with Crippen LogP contribution in [0.5, 0.6) is 0 Å². The van der Waals surface area contributed by atoms with Crippen molar-refractivity contribution in [2.75, 3.05) is 0 Å². The highest BCUT2D eigenvalue weighted by Crippen LogP contribution is 2.41. The Kier molecular flexibility index (Phi) is 3.26. The molecule has 0 saturated heterocycles. The molecule has 0 nitrogen and oxygen atoms in total. The smallest absolute Gasteiger partial charge is 0.0442 e. The standard InChI is InChI=1S/C11H11Cl3/c12-7-4-5-11(14)9(6-7)8-2-1-3-10(8)13/h4-6,8,10H,1-3H2. The van der Waals surface area contributed by atoms with Gasteiger partial charge < -0.3 is 0 Å². The molecule has 1 aliphatic carbocycles. The van der Waals surface area contributed by atoms with Crippen LogP contribution in [0.4, 0.5) is 0 Å². The zero-order valence-electron chi connectivity index (χ0n) is 7.64. The van der Waals surface area contributed by atoms with Crippen molar-refractivity contribution in [3.63, 3.8) is 0 Å². The van der Waals surface area contributed by atoms with Gasteiger partial charge in [-0.25, -0.2) is 0 Å². The molecule has 3 heteroatoms. The predicted octanol–water partition coefficient (Wildman–Crippen LogP) is 4.87. The zero-order chi connectivity index (χ0) is 10.1. The molecule has 0 spiro atoms. The summed E-state index contributed by atoms with van der Waals surface area (Å²) in [5.41, 5.74) is 1.11. The third-order valence-electron chi connectivity index (χ3n) is 2.79. The van der Waals surface area contributed by atoms with E-state index in [1.165, 1.54) is 6.42 Å². The molecular formula is C11H11Cl3. The van der Waals surface area contributed by atoms with Gasteiger partial charge in [-0.2, -0.15) is 0 Å². The van der Waals surface area contributed by atoms with Crippen LogP contribution in [0, 0.1) is 0 Å². The Morgan fingerprint density at radius 2 is 1.93 bits per heavy atom. The fourth-order valence-corrected chi connectivity index (χ4v) is 2.92. The second-order valence-electron chi connectivity index (χ2n) is 3.72. The topological polar surface area (TPSA) is 0 Å². The molecule has 1 aliphatic rings. The summed E-state index contributed by atoms with van der Waals surface area (Å²) in [6.07, 6.45) is 3.38. The Morgan fingerprint density at radius 3 is 2.57 bits per heavy atom. The van der Waals surface area contributed by atoms with Crippen molar-refractivity contribution < 1.29 is 0 Å². The molecule has 76 valence electrons. The van der Waals surface area contributed by atoms with Crippen LogP contribution in [0.15, 0.2) is 18.2 Å². The van der Waals surface area contributed by atoms with Crippen molar-refractivity contribution >= 4 is 34.8 Å². The second kappa shape index (κ2) is 4.30. The summed E-state index contributed by atoms with van der Waals surface area (Å²) in [6.45, 7) is 0. The minimum Gasteiger partial charge on any atom is -0.122 e. The van der Waals surface area contributed by atoms with E-state index in [0.717, 1.165) is 28.5 Å². The molecule has 0 aliphatic heterocycles. The van der Waals surface area contributed by atoms with E-state index in [2.05, 4.69) is 0 Å². The number of hydrogen-bond acceptors (Lipinski definition) is 0. The average molecular weight is 250 g/mol. The van der Waals surface area contributed by atoms with Crippen molar-refractivity contribution in [1.29, 1.82) is 0 Å². The van der Waals surface area contributed by atoms with Gasteiger partial charge in [-0.3, -0.25) is 0 Å². The van der Waals surface area contributed by atoms with Crippen LogP contribution >= 0.6 is 34.8 Å². The van der Waals surface area contributed by atoms with E-state index in [-0.39, 0.29) is 5.38 Å². The molecule has 0 N–H and O–H groups in total. The Morgan fingerprint density at radius 1 is 1.14 bits per heavy atom. The number of halogens is 3. The molecule has 0 radical (unpaired) electrons. The van der Waals surface area contributed by atoms with Crippen LogP contribution in [0.1, 0.15) is 30.7 Å². The SMILES string of the molecule is Clc1ccc(Cl)c(C2CCCC2Cl)c1. The van der Waals surface area contributed by atoms with Gasteiger partial charge in [0.1, 0.15) is 0 Å². The van der Waals surface area contributed by atoms with Crippen LogP contribution in [-0.4, -0.2) is 5.38 Å². The first-order chi connectivity index (χ1) is 6.68. The van der Waals surface area contributed by atoms with Crippen LogP contribution in [0.2, 0.25) is 10.0 Å². The molecule has 0 bridgehead atoms. The molecule has 14 heavy (non-hydrogen) atoms. The first-order valence-corrected chi connectivity index (χ1v) is 5.97. The maximum atomic E-state index is 6.24. The maximum Gasteiger partial charge on any atom is 0.0442 e.